The number of fused-ring (bicyclic) bond motifs is 1. The quantitative estimate of drug-likeness (QED) is 0.664. The number of aromatic nitrogens is 3. The average molecular weight is 303 g/mol. The molecule has 1 aromatic heterocycles. The molecule has 0 unspecified atom stereocenters. The minimum absolute atomic E-state index is 0.0603. The van der Waals surface area contributed by atoms with Crippen molar-refractivity contribution in [3.05, 3.63) is 34.2 Å². The van der Waals surface area contributed by atoms with E-state index in [1.807, 2.05) is 6.92 Å². The number of rotatable bonds is 4. The van der Waals surface area contributed by atoms with E-state index in [1.54, 1.807) is 18.2 Å². The maximum absolute atomic E-state index is 12.3. The molecule has 1 aliphatic rings. The van der Waals surface area contributed by atoms with E-state index in [0.717, 1.165) is 25.2 Å². The monoisotopic (exact) mass is 303 g/mol. The number of anilines is 1. The number of likely N-dealkylation sites (tertiary alicyclic amines) is 1. The summed E-state index contributed by atoms with van der Waals surface area (Å²) in [5.74, 6) is 0.0603. The average Bonchev–Trinajstić information content (AvgIpc) is 2.53. The largest absolute Gasteiger partial charge is 0.739 e. The van der Waals surface area contributed by atoms with E-state index in [2.05, 4.69) is 15.3 Å². The Hall–Kier alpha value is -2.15. The summed E-state index contributed by atoms with van der Waals surface area (Å²) in [6, 6.07) is 5.12. The fraction of sp³-hybridized carbons (Fsp3) is 0.533. The van der Waals surface area contributed by atoms with Gasteiger partial charge in [-0.3, -0.25) is 5.32 Å². The molecule has 0 bridgehead atoms. The Kier molecular flexibility index (Phi) is 4.24. The Labute approximate surface area is 129 Å². The molecule has 0 atom stereocenters. The minimum atomic E-state index is 0.0603. The summed E-state index contributed by atoms with van der Waals surface area (Å²) < 4.78 is 0.701. The maximum atomic E-state index is 12.3. The van der Waals surface area contributed by atoms with E-state index >= 15 is 0 Å². The van der Waals surface area contributed by atoms with Crippen molar-refractivity contribution in [2.45, 2.75) is 26.2 Å². The molecule has 0 amide bonds. The van der Waals surface area contributed by atoms with Crippen molar-refractivity contribution in [1.82, 2.24) is 10.00 Å². The summed E-state index contributed by atoms with van der Waals surface area (Å²) in [5.41, 5.74) is 1.55. The SMILES string of the molecule is Cc1ccc2c(c1)[n+]([O-])c(NCCN1CCCCC1)n[n+]2[O-]. The summed E-state index contributed by atoms with van der Waals surface area (Å²) in [6.45, 7) is 5.55. The van der Waals surface area contributed by atoms with Gasteiger partial charge in [-0.25, -0.2) is 4.73 Å². The fourth-order valence-electron chi connectivity index (χ4n) is 2.87. The van der Waals surface area contributed by atoms with Crippen LogP contribution >= 0.6 is 0 Å². The number of nitrogens with one attached hydrogen (secondary N) is 1. The maximum Gasteiger partial charge on any atom is 0.461 e. The number of piperidine rings is 1. The van der Waals surface area contributed by atoms with Crippen LogP contribution < -0.4 is 14.9 Å². The minimum Gasteiger partial charge on any atom is -0.739 e. The molecule has 0 spiro atoms. The predicted molar refractivity (Wildman–Crippen MR) is 83.2 cm³/mol. The van der Waals surface area contributed by atoms with E-state index < -0.39 is 0 Å². The van der Waals surface area contributed by atoms with Crippen molar-refractivity contribution in [1.29, 1.82) is 0 Å². The zero-order valence-corrected chi connectivity index (χ0v) is 12.8. The zero-order chi connectivity index (χ0) is 15.5. The van der Waals surface area contributed by atoms with Crippen LogP contribution in [0.3, 0.4) is 0 Å². The fourth-order valence-corrected chi connectivity index (χ4v) is 2.87. The summed E-state index contributed by atoms with van der Waals surface area (Å²) in [5, 5.41) is 31.1. The highest BCUT2D eigenvalue weighted by atomic mass is 16.5. The van der Waals surface area contributed by atoms with Crippen LogP contribution in [0.1, 0.15) is 24.8 Å². The van der Waals surface area contributed by atoms with Crippen LogP contribution in [-0.2, 0) is 0 Å². The summed E-state index contributed by atoms with van der Waals surface area (Å²) in [7, 11) is 0. The molecule has 7 nitrogen and oxygen atoms in total. The van der Waals surface area contributed by atoms with Gasteiger partial charge in [0.2, 0.25) is 5.10 Å². The van der Waals surface area contributed by atoms with Gasteiger partial charge < -0.3 is 15.3 Å². The second-order valence-electron chi connectivity index (χ2n) is 5.81. The van der Waals surface area contributed by atoms with Crippen LogP contribution in [0.25, 0.3) is 11.0 Å². The molecule has 118 valence electrons. The second kappa shape index (κ2) is 6.31. The molecule has 2 aromatic rings. The molecule has 1 N–H and O–H groups in total. The summed E-state index contributed by atoms with van der Waals surface area (Å²) >= 11 is 0. The van der Waals surface area contributed by atoms with Crippen LogP contribution in [0.4, 0.5) is 5.95 Å². The first-order valence-corrected chi connectivity index (χ1v) is 7.75. The van der Waals surface area contributed by atoms with Gasteiger partial charge in [0.1, 0.15) is 0 Å². The highest BCUT2D eigenvalue weighted by molar-refractivity contribution is 5.68. The van der Waals surface area contributed by atoms with Crippen molar-refractivity contribution < 1.29 is 9.58 Å². The lowest BCUT2D eigenvalue weighted by atomic mass is 10.1. The third kappa shape index (κ3) is 3.04. The highest BCUT2D eigenvalue weighted by Crippen LogP contribution is 2.10. The van der Waals surface area contributed by atoms with Crippen molar-refractivity contribution in [3.63, 3.8) is 0 Å². The molecular formula is C15H21N5O2. The molecule has 0 aliphatic carbocycles. The summed E-state index contributed by atoms with van der Waals surface area (Å²) in [4.78, 5) is 2.87. The van der Waals surface area contributed by atoms with Crippen LogP contribution in [0.15, 0.2) is 18.2 Å². The Balaban J connectivity index is 1.74. The second-order valence-corrected chi connectivity index (χ2v) is 5.81. The molecule has 1 aromatic carbocycles. The number of aryl methyl sites for hydroxylation is 1. The van der Waals surface area contributed by atoms with Gasteiger partial charge in [0.05, 0.1) is 6.54 Å². The van der Waals surface area contributed by atoms with E-state index in [-0.39, 0.29) is 11.5 Å². The van der Waals surface area contributed by atoms with Crippen molar-refractivity contribution in [3.8, 4) is 0 Å². The van der Waals surface area contributed by atoms with Crippen LogP contribution in [0.5, 0.6) is 0 Å². The topological polar surface area (TPSA) is 82.0 Å². The summed E-state index contributed by atoms with van der Waals surface area (Å²) in [6.07, 6.45) is 3.76. The molecule has 1 saturated heterocycles. The van der Waals surface area contributed by atoms with Crippen molar-refractivity contribution >= 4 is 17.0 Å². The molecule has 1 fully saturated rings. The Morgan fingerprint density at radius 3 is 2.73 bits per heavy atom. The van der Waals surface area contributed by atoms with Crippen molar-refractivity contribution in [2.24, 2.45) is 0 Å². The van der Waals surface area contributed by atoms with Gasteiger partial charge in [-0.05, 0) is 44.5 Å². The van der Waals surface area contributed by atoms with Crippen LogP contribution in [0, 0.1) is 17.3 Å². The lowest BCUT2D eigenvalue weighted by molar-refractivity contribution is -0.672. The lowest BCUT2D eigenvalue weighted by Crippen LogP contribution is -2.45. The highest BCUT2D eigenvalue weighted by Gasteiger charge is 2.20. The van der Waals surface area contributed by atoms with Gasteiger partial charge in [-0.2, -0.15) is 0 Å². The number of hydrogen-bond acceptors (Lipinski definition) is 5. The zero-order valence-electron chi connectivity index (χ0n) is 12.8. The lowest BCUT2D eigenvalue weighted by Gasteiger charge is -2.25. The van der Waals surface area contributed by atoms with E-state index in [4.69, 9.17) is 0 Å². The van der Waals surface area contributed by atoms with E-state index in [0.29, 0.717) is 21.6 Å². The van der Waals surface area contributed by atoms with Gasteiger partial charge >= 0.3 is 5.95 Å². The first-order chi connectivity index (χ1) is 10.6. The smallest absolute Gasteiger partial charge is 0.461 e. The molecule has 0 radical (unpaired) electrons. The molecule has 22 heavy (non-hydrogen) atoms. The third-order valence-corrected chi connectivity index (χ3v) is 4.09. The number of hydrogen-bond donors (Lipinski definition) is 1. The molecule has 0 saturated carbocycles. The molecule has 2 heterocycles. The molecule has 7 heteroatoms. The molecular weight excluding hydrogens is 282 g/mol. The van der Waals surface area contributed by atoms with Gasteiger partial charge in [-0.1, -0.05) is 12.5 Å². The number of nitrogens with zero attached hydrogens (tertiary/aromatic N) is 4. The van der Waals surface area contributed by atoms with Gasteiger partial charge in [0, 0.05) is 17.5 Å². The van der Waals surface area contributed by atoms with E-state index in [9.17, 15) is 10.4 Å². The van der Waals surface area contributed by atoms with Gasteiger partial charge in [-0.15, -0.1) is 0 Å². The number of benzene rings is 1. The van der Waals surface area contributed by atoms with Crippen LogP contribution in [0.2, 0.25) is 0 Å². The van der Waals surface area contributed by atoms with Crippen molar-refractivity contribution in [2.75, 3.05) is 31.5 Å². The first-order valence-electron chi connectivity index (χ1n) is 7.75. The standard InChI is InChI=1S/C15H21N5O2/c1-12-5-6-13-14(11-12)19(21)15(17-20(13)22)16-7-10-18-8-3-2-4-9-18/h5-6,11H,2-4,7-10H2,1H3,(H,16,17). The van der Waals surface area contributed by atoms with E-state index in [1.165, 1.54) is 19.3 Å². The Bertz CT molecular complexity index is 671. The van der Waals surface area contributed by atoms with Gasteiger partial charge in [0.25, 0.3) is 5.52 Å². The molecule has 3 rings (SSSR count). The first kappa shape index (κ1) is 14.8. The predicted octanol–water partition coefficient (Wildman–Crippen LogP) is 0.708. The normalized spacial score (nSPS) is 16.0. The third-order valence-electron chi connectivity index (χ3n) is 4.09. The van der Waals surface area contributed by atoms with Gasteiger partial charge in [0.15, 0.2) is 5.52 Å². The Morgan fingerprint density at radius 1 is 1.18 bits per heavy atom. The molecule has 1 aliphatic heterocycles. The Morgan fingerprint density at radius 2 is 1.95 bits per heavy atom. The van der Waals surface area contributed by atoms with Crippen LogP contribution in [-0.4, -0.2) is 36.2 Å².